The maximum Gasteiger partial charge on any atom is 0.335 e. The van der Waals surface area contributed by atoms with Crippen molar-refractivity contribution in [3.8, 4) is 5.75 Å². The molecule has 0 aliphatic carbocycles. The van der Waals surface area contributed by atoms with Crippen LogP contribution in [-0.2, 0) is 16.0 Å². The summed E-state index contributed by atoms with van der Waals surface area (Å²) in [5, 5.41) is 13.3. The molecule has 2 fully saturated rings. The van der Waals surface area contributed by atoms with E-state index in [0.717, 1.165) is 24.8 Å². The fourth-order valence-corrected chi connectivity index (χ4v) is 4.25. The van der Waals surface area contributed by atoms with Gasteiger partial charge in [0.15, 0.2) is 0 Å². The first-order valence-corrected chi connectivity index (χ1v) is 10.1. The van der Waals surface area contributed by atoms with Gasteiger partial charge in [-0.15, -0.1) is 0 Å². The van der Waals surface area contributed by atoms with Crippen LogP contribution < -0.4 is 10.2 Å². The van der Waals surface area contributed by atoms with Crippen molar-refractivity contribution in [2.45, 2.75) is 31.5 Å². The van der Waals surface area contributed by atoms with Gasteiger partial charge in [-0.05, 0) is 55.0 Å². The fraction of sp³-hybridized carbons (Fsp3) is 0.348. The number of hydrazone groups is 1. The Morgan fingerprint density at radius 3 is 2.57 bits per heavy atom. The van der Waals surface area contributed by atoms with Crippen molar-refractivity contribution in [3.63, 3.8) is 0 Å². The molecule has 0 radical (unpaired) electrons. The number of fused-ring (bicyclic) bond motifs is 2. The molecule has 2 heterocycles. The lowest BCUT2D eigenvalue weighted by Crippen LogP contribution is -2.31. The highest BCUT2D eigenvalue weighted by molar-refractivity contribution is 5.87. The van der Waals surface area contributed by atoms with Crippen LogP contribution in [0.15, 0.2) is 59.7 Å². The molecule has 4 rings (SSSR count). The van der Waals surface area contributed by atoms with E-state index in [1.54, 1.807) is 36.4 Å². The van der Waals surface area contributed by atoms with E-state index in [4.69, 9.17) is 14.6 Å². The first kappa shape index (κ1) is 20.1. The average Bonchev–Trinajstić information content (AvgIpc) is 3.35. The minimum absolute atomic E-state index is 0.0195. The minimum Gasteiger partial charge on any atom is -0.478 e. The first-order valence-electron chi connectivity index (χ1n) is 10.1. The molecule has 0 aromatic heterocycles. The minimum atomic E-state index is -0.924. The van der Waals surface area contributed by atoms with E-state index in [2.05, 4.69) is 10.5 Å². The number of para-hydroxylation sites is 1. The Kier molecular flexibility index (Phi) is 6.09. The molecule has 2 aromatic carbocycles. The zero-order valence-electron chi connectivity index (χ0n) is 16.4. The number of benzene rings is 2. The highest BCUT2D eigenvalue weighted by Gasteiger charge is 2.47. The Bertz CT molecular complexity index is 913. The van der Waals surface area contributed by atoms with Crippen molar-refractivity contribution in [1.82, 2.24) is 5.43 Å². The Morgan fingerprint density at radius 1 is 1.10 bits per heavy atom. The van der Waals surface area contributed by atoms with Crippen molar-refractivity contribution in [2.75, 3.05) is 6.54 Å². The van der Waals surface area contributed by atoms with Crippen LogP contribution in [0.3, 0.4) is 0 Å². The molecule has 2 aliphatic heterocycles. The van der Waals surface area contributed by atoms with E-state index in [0.29, 0.717) is 5.75 Å². The monoisotopic (exact) mass is 408 g/mol. The van der Waals surface area contributed by atoms with E-state index in [9.17, 15) is 9.59 Å². The molecule has 2 saturated heterocycles. The van der Waals surface area contributed by atoms with Gasteiger partial charge in [-0.3, -0.25) is 5.43 Å². The number of carbonyl (C=O) groups is 2. The molecule has 2 N–H and O–H groups in total. The van der Waals surface area contributed by atoms with Gasteiger partial charge in [-0.25, -0.2) is 9.59 Å². The average molecular weight is 408 g/mol. The van der Waals surface area contributed by atoms with Crippen LogP contribution in [0.5, 0.6) is 5.75 Å². The summed E-state index contributed by atoms with van der Waals surface area (Å²) < 4.78 is 11.3. The third-order valence-corrected chi connectivity index (χ3v) is 5.70. The van der Waals surface area contributed by atoms with Gasteiger partial charge in [0.2, 0.25) is 0 Å². The third-order valence-electron chi connectivity index (χ3n) is 5.70. The third kappa shape index (κ3) is 4.68. The molecule has 4 atom stereocenters. The van der Waals surface area contributed by atoms with E-state index in [1.807, 2.05) is 24.4 Å². The van der Waals surface area contributed by atoms with Crippen molar-refractivity contribution in [3.05, 3.63) is 65.7 Å². The summed E-state index contributed by atoms with van der Waals surface area (Å²) >= 11 is 0. The summed E-state index contributed by atoms with van der Waals surface area (Å²) in [4.78, 5) is 22.9. The topological polar surface area (TPSA) is 97.2 Å². The summed E-state index contributed by atoms with van der Waals surface area (Å²) in [6, 6.07) is 15.9. The van der Waals surface area contributed by atoms with Gasteiger partial charge in [0.25, 0.3) is 0 Å². The van der Waals surface area contributed by atoms with Crippen LogP contribution in [0.2, 0.25) is 0 Å². The molecular weight excluding hydrogens is 384 g/mol. The van der Waals surface area contributed by atoms with E-state index >= 15 is 0 Å². The molecular formula is C23H24N2O5. The normalized spacial score (nSPS) is 24.8. The molecule has 2 aliphatic rings. The van der Waals surface area contributed by atoms with Crippen LogP contribution in [0.1, 0.15) is 28.8 Å². The number of carboxylic acid groups (broad SMARTS) is 1. The number of ether oxygens (including phenoxy) is 2. The van der Waals surface area contributed by atoms with Crippen molar-refractivity contribution < 1.29 is 24.2 Å². The highest BCUT2D eigenvalue weighted by Crippen LogP contribution is 2.44. The largest absolute Gasteiger partial charge is 0.478 e. The smallest absolute Gasteiger partial charge is 0.335 e. The Balaban J connectivity index is 1.31. The first-order chi connectivity index (χ1) is 14.6. The van der Waals surface area contributed by atoms with E-state index in [1.165, 1.54) is 0 Å². The van der Waals surface area contributed by atoms with Crippen molar-refractivity contribution in [2.24, 2.45) is 16.9 Å². The molecule has 2 bridgehead atoms. The number of nitrogens with zero attached hydrogens (tertiary/aromatic N) is 1. The number of hydrogen-bond acceptors (Lipinski definition) is 6. The fourth-order valence-electron chi connectivity index (χ4n) is 4.25. The Hall–Kier alpha value is -3.19. The van der Waals surface area contributed by atoms with Gasteiger partial charge in [0.05, 0.1) is 17.8 Å². The molecule has 156 valence electrons. The van der Waals surface area contributed by atoms with Crippen molar-refractivity contribution in [1.29, 1.82) is 0 Å². The summed E-state index contributed by atoms with van der Waals surface area (Å²) in [6.07, 6.45) is 5.01. The zero-order chi connectivity index (χ0) is 20.9. The summed E-state index contributed by atoms with van der Waals surface area (Å²) in [5.74, 6) is -0.394. The lowest BCUT2D eigenvalue weighted by atomic mass is 9.77. The molecule has 0 saturated carbocycles. The highest BCUT2D eigenvalue weighted by atomic mass is 16.5. The zero-order valence-corrected chi connectivity index (χ0v) is 16.4. The Labute approximate surface area is 174 Å². The van der Waals surface area contributed by atoms with Gasteiger partial charge >= 0.3 is 11.9 Å². The number of esters is 1. The molecule has 0 amide bonds. The molecule has 7 heteroatoms. The SMILES string of the molecule is O=C(CNN=CC1C2CCC(O2)C1Cc1ccc(C(=O)O)cc1)Oc1ccccc1. The molecule has 4 unspecified atom stereocenters. The Morgan fingerprint density at radius 2 is 1.83 bits per heavy atom. The maximum absolute atomic E-state index is 11.9. The van der Waals surface area contributed by atoms with Gasteiger partial charge in [-0.1, -0.05) is 30.3 Å². The second-order valence-electron chi connectivity index (χ2n) is 7.64. The van der Waals surface area contributed by atoms with Gasteiger partial charge < -0.3 is 14.6 Å². The van der Waals surface area contributed by atoms with E-state index < -0.39 is 11.9 Å². The summed E-state index contributed by atoms with van der Waals surface area (Å²) in [5.41, 5.74) is 4.14. The predicted octanol–water partition coefficient (Wildman–Crippen LogP) is 2.90. The van der Waals surface area contributed by atoms with Gasteiger partial charge in [0.1, 0.15) is 12.3 Å². The summed E-state index contributed by atoms with van der Waals surface area (Å²) in [7, 11) is 0. The van der Waals surface area contributed by atoms with Crippen molar-refractivity contribution >= 4 is 18.2 Å². The quantitative estimate of drug-likeness (QED) is 0.302. The number of carboxylic acids is 1. The molecule has 30 heavy (non-hydrogen) atoms. The maximum atomic E-state index is 11.9. The van der Waals surface area contributed by atoms with Gasteiger partial charge in [0, 0.05) is 12.1 Å². The number of hydrogen-bond donors (Lipinski definition) is 2. The second-order valence-corrected chi connectivity index (χ2v) is 7.64. The molecule has 2 aromatic rings. The van der Waals surface area contributed by atoms with Crippen LogP contribution in [0.4, 0.5) is 0 Å². The number of nitrogens with one attached hydrogen (secondary N) is 1. The molecule has 7 nitrogen and oxygen atoms in total. The lowest BCUT2D eigenvalue weighted by Gasteiger charge is -2.25. The van der Waals surface area contributed by atoms with Crippen LogP contribution >= 0.6 is 0 Å². The van der Waals surface area contributed by atoms with Crippen LogP contribution in [-0.4, -0.2) is 42.0 Å². The predicted molar refractivity (Wildman–Crippen MR) is 111 cm³/mol. The standard InChI is InChI=1S/C23H24N2O5/c26-22(29-17-4-2-1-3-5-17)14-25-24-13-19-18(20-10-11-21(19)30-20)12-15-6-8-16(9-7-15)23(27)28/h1-9,13,18-21,25H,10-12,14H2,(H,27,28). The van der Waals surface area contributed by atoms with Crippen LogP contribution in [0.25, 0.3) is 0 Å². The lowest BCUT2D eigenvalue weighted by molar-refractivity contribution is -0.133. The van der Waals surface area contributed by atoms with Crippen LogP contribution in [0, 0.1) is 11.8 Å². The van der Waals surface area contributed by atoms with E-state index in [-0.39, 0.29) is 36.2 Å². The molecule has 0 spiro atoms. The summed E-state index contributed by atoms with van der Waals surface area (Å²) in [6.45, 7) is -0.0195. The van der Waals surface area contributed by atoms with Gasteiger partial charge in [-0.2, -0.15) is 5.10 Å². The second kappa shape index (κ2) is 9.09. The number of rotatable bonds is 8. The number of carbonyl (C=O) groups excluding carboxylic acids is 1. The number of aromatic carboxylic acids is 1.